The van der Waals surface area contributed by atoms with Crippen molar-refractivity contribution in [2.24, 2.45) is 0 Å². The average molecular weight is 347 g/mol. The maximum absolute atomic E-state index is 12.5. The van der Waals surface area contributed by atoms with Gasteiger partial charge >= 0.3 is 0 Å². The monoisotopic (exact) mass is 347 g/mol. The molecule has 1 heterocycles. The van der Waals surface area contributed by atoms with E-state index in [2.05, 4.69) is 16.9 Å². The molecule has 0 spiro atoms. The molecule has 0 saturated heterocycles. The van der Waals surface area contributed by atoms with Crippen molar-refractivity contribution in [2.45, 2.75) is 0 Å². The quantitative estimate of drug-likeness (QED) is 0.685. The number of amides is 1. The lowest BCUT2D eigenvalue weighted by molar-refractivity contribution is 0.0954. The van der Waals surface area contributed by atoms with Crippen molar-refractivity contribution >= 4 is 11.6 Å². The number of hydrogen-bond acceptors (Lipinski definition) is 4. The van der Waals surface area contributed by atoms with Crippen LogP contribution in [0.4, 0.5) is 5.69 Å². The minimum atomic E-state index is -0.289. The fourth-order valence-corrected chi connectivity index (χ4v) is 2.53. The van der Waals surface area contributed by atoms with E-state index >= 15 is 0 Å². The van der Waals surface area contributed by atoms with Crippen LogP contribution >= 0.6 is 0 Å². The van der Waals surface area contributed by atoms with Gasteiger partial charge in [-0.25, -0.2) is 4.98 Å². The standard InChI is InChI=1S/C21H21N3O2/c1-4-14-22-20(25)18-19(15-10-12-17(13-11-15)24(2)3)26-21(23-18)16-8-6-5-7-9-16/h4-13H,1,14H2,2-3H3,(H,22,25). The molecule has 1 N–H and O–H groups in total. The number of rotatable bonds is 6. The van der Waals surface area contributed by atoms with Gasteiger partial charge in [-0.05, 0) is 36.4 Å². The summed E-state index contributed by atoms with van der Waals surface area (Å²) in [6.45, 7) is 3.99. The maximum atomic E-state index is 12.5. The van der Waals surface area contributed by atoms with E-state index in [4.69, 9.17) is 4.42 Å². The van der Waals surface area contributed by atoms with Crippen molar-refractivity contribution in [2.75, 3.05) is 25.5 Å². The first-order valence-corrected chi connectivity index (χ1v) is 8.33. The van der Waals surface area contributed by atoms with E-state index in [0.717, 1.165) is 16.8 Å². The molecule has 26 heavy (non-hydrogen) atoms. The first-order valence-electron chi connectivity index (χ1n) is 8.33. The van der Waals surface area contributed by atoms with Crippen LogP contribution in [0.1, 0.15) is 10.5 Å². The van der Waals surface area contributed by atoms with E-state index < -0.39 is 0 Å². The Hall–Kier alpha value is -3.34. The topological polar surface area (TPSA) is 58.4 Å². The van der Waals surface area contributed by atoms with Gasteiger partial charge in [-0.3, -0.25) is 4.79 Å². The van der Waals surface area contributed by atoms with Gasteiger partial charge in [0.2, 0.25) is 5.89 Å². The van der Waals surface area contributed by atoms with E-state index in [1.807, 2.05) is 73.6 Å². The molecule has 0 radical (unpaired) electrons. The maximum Gasteiger partial charge on any atom is 0.274 e. The van der Waals surface area contributed by atoms with Crippen molar-refractivity contribution < 1.29 is 9.21 Å². The predicted molar refractivity (Wildman–Crippen MR) is 104 cm³/mol. The van der Waals surface area contributed by atoms with Crippen LogP contribution in [0, 0.1) is 0 Å². The molecule has 0 fully saturated rings. The fraction of sp³-hybridized carbons (Fsp3) is 0.143. The molecule has 3 aromatic rings. The third-order valence-electron chi connectivity index (χ3n) is 3.92. The average Bonchev–Trinajstić information content (AvgIpc) is 3.12. The number of aromatic nitrogens is 1. The number of nitrogens with zero attached hydrogens (tertiary/aromatic N) is 2. The first kappa shape index (κ1) is 17.5. The number of carbonyl (C=O) groups is 1. The van der Waals surface area contributed by atoms with Crippen LogP contribution < -0.4 is 10.2 Å². The lowest BCUT2D eigenvalue weighted by atomic mass is 10.1. The number of oxazole rings is 1. The smallest absolute Gasteiger partial charge is 0.274 e. The highest BCUT2D eigenvalue weighted by Crippen LogP contribution is 2.31. The number of anilines is 1. The number of carbonyl (C=O) groups excluding carboxylic acids is 1. The molecule has 0 bridgehead atoms. The summed E-state index contributed by atoms with van der Waals surface area (Å²) in [4.78, 5) is 19.0. The number of nitrogens with one attached hydrogen (secondary N) is 1. The molecule has 0 atom stereocenters. The van der Waals surface area contributed by atoms with Crippen LogP contribution in [-0.4, -0.2) is 31.5 Å². The summed E-state index contributed by atoms with van der Waals surface area (Å²) in [5.74, 6) is 0.583. The Morgan fingerprint density at radius 1 is 1.12 bits per heavy atom. The molecule has 0 aliphatic rings. The number of hydrogen-bond donors (Lipinski definition) is 1. The van der Waals surface area contributed by atoms with Gasteiger partial charge < -0.3 is 14.6 Å². The SMILES string of the molecule is C=CCNC(=O)c1nc(-c2ccccc2)oc1-c1ccc(N(C)C)cc1. The molecule has 3 rings (SSSR count). The molecule has 5 heteroatoms. The summed E-state index contributed by atoms with van der Waals surface area (Å²) >= 11 is 0. The van der Waals surface area contributed by atoms with Crippen molar-refractivity contribution in [3.8, 4) is 22.8 Å². The van der Waals surface area contributed by atoms with Gasteiger partial charge in [0, 0.05) is 37.5 Å². The molecule has 1 amide bonds. The third kappa shape index (κ3) is 3.67. The van der Waals surface area contributed by atoms with Crippen molar-refractivity contribution in [1.29, 1.82) is 0 Å². The highest BCUT2D eigenvalue weighted by molar-refractivity contribution is 5.98. The largest absolute Gasteiger partial charge is 0.435 e. The second-order valence-corrected chi connectivity index (χ2v) is 6.00. The Morgan fingerprint density at radius 2 is 1.81 bits per heavy atom. The lowest BCUT2D eigenvalue weighted by Crippen LogP contribution is -2.24. The highest BCUT2D eigenvalue weighted by Gasteiger charge is 2.22. The Bertz CT molecular complexity index is 897. The van der Waals surface area contributed by atoms with E-state index in [-0.39, 0.29) is 11.6 Å². The Labute approximate surface area is 153 Å². The fourth-order valence-electron chi connectivity index (χ4n) is 2.53. The predicted octanol–water partition coefficient (Wildman–Crippen LogP) is 3.99. The second-order valence-electron chi connectivity index (χ2n) is 6.00. The van der Waals surface area contributed by atoms with E-state index in [1.54, 1.807) is 6.08 Å². The van der Waals surface area contributed by atoms with Gasteiger partial charge in [0.05, 0.1) is 0 Å². The zero-order valence-corrected chi connectivity index (χ0v) is 14.9. The van der Waals surface area contributed by atoms with Gasteiger partial charge in [0.1, 0.15) is 0 Å². The molecular formula is C21H21N3O2. The molecule has 0 aliphatic heterocycles. The second kappa shape index (κ2) is 7.70. The summed E-state index contributed by atoms with van der Waals surface area (Å²) < 4.78 is 5.98. The normalized spacial score (nSPS) is 10.4. The molecule has 5 nitrogen and oxygen atoms in total. The van der Waals surface area contributed by atoms with Crippen molar-refractivity contribution in [3.63, 3.8) is 0 Å². The summed E-state index contributed by atoms with van der Waals surface area (Å²) in [6.07, 6.45) is 1.63. The first-order chi connectivity index (χ1) is 12.6. The lowest BCUT2D eigenvalue weighted by Gasteiger charge is -2.12. The van der Waals surface area contributed by atoms with E-state index in [9.17, 15) is 4.79 Å². The van der Waals surface area contributed by atoms with Crippen LogP contribution in [0.3, 0.4) is 0 Å². The van der Waals surface area contributed by atoms with Crippen molar-refractivity contribution in [1.82, 2.24) is 10.3 Å². The molecule has 0 saturated carbocycles. The van der Waals surface area contributed by atoms with Crippen molar-refractivity contribution in [3.05, 3.63) is 72.9 Å². The molecule has 2 aromatic carbocycles. The third-order valence-corrected chi connectivity index (χ3v) is 3.92. The Balaban J connectivity index is 2.05. The van der Waals surface area contributed by atoms with Gasteiger partial charge in [0.15, 0.2) is 11.5 Å². The van der Waals surface area contributed by atoms with Crippen LogP contribution in [0.25, 0.3) is 22.8 Å². The van der Waals surface area contributed by atoms with Crippen LogP contribution in [0.5, 0.6) is 0 Å². The van der Waals surface area contributed by atoms with Gasteiger partial charge in [-0.1, -0.05) is 24.3 Å². The van der Waals surface area contributed by atoms with E-state index in [1.165, 1.54) is 0 Å². The summed E-state index contributed by atoms with van der Waals surface area (Å²) in [6, 6.07) is 17.3. The molecular weight excluding hydrogens is 326 g/mol. The van der Waals surface area contributed by atoms with Gasteiger partial charge in [-0.2, -0.15) is 0 Å². The Morgan fingerprint density at radius 3 is 2.42 bits per heavy atom. The minimum Gasteiger partial charge on any atom is -0.435 e. The molecule has 132 valence electrons. The molecule has 0 aliphatic carbocycles. The zero-order chi connectivity index (χ0) is 18.5. The summed E-state index contributed by atoms with van der Waals surface area (Å²) in [5.41, 5.74) is 2.95. The van der Waals surface area contributed by atoms with Crippen LogP contribution in [0.2, 0.25) is 0 Å². The van der Waals surface area contributed by atoms with Crippen LogP contribution in [0.15, 0.2) is 71.7 Å². The summed E-state index contributed by atoms with van der Waals surface area (Å²) in [5, 5.41) is 2.77. The minimum absolute atomic E-state index is 0.267. The van der Waals surface area contributed by atoms with Crippen LogP contribution in [-0.2, 0) is 0 Å². The molecule has 0 unspecified atom stereocenters. The van der Waals surface area contributed by atoms with Gasteiger partial charge in [-0.15, -0.1) is 6.58 Å². The summed E-state index contributed by atoms with van der Waals surface area (Å²) in [7, 11) is 3.95. The zero-order valence-electron chi connectivity index (χ0n) is 14.9. The van der Waals surface area contributed by atoms with Gasteiger partial charge in [0.25, 0.3) is 5.91 Å². The highest BCUT2D eigenvalue weighted by atomic mass is 16.4. The van der Waals surface area contributed by atoms with E-state index in [0.29, 0.717) is 18.2 Å². The Kier molecular flexibility index (Phi) is 5.17. The number of benzene rings is 2. The molecule has 1 aromatic heterocycles.